The maximum atomic E-state index is 13.2. The van der Waals surface area contributed by atoms with Crippen LogP contribution in [0.5, 0.6) is 0 Å². The molecular weight excluding hydrogens is 329 g/mol. The van der Waals surface area contributed by atoms with Crippen molar-refractivity contribution >= 4 is 5.91 Å². The second kappa shape index (κ2) is 8.96. The molecule has 0 saturated carbocycles. The van der Waals surface area contributed by atoms with E-state index in [-0.39, 0.29) is 29.1 Å². The van der Waals surface area contributed by atoms with E-state index >= 15 is 0 Å². The van der Waals surface area contributed by atoms with E-state index in [1.807, 2.05) is 13.8 Å². The highest BCUT2D eigenvalue weighted by Crippen LogP contribution is 2.25. The van der Waals surface area contributed by atoms with Crippen molar-refractivity contribution in [3.8, 4) is 0 Å². The first kappa shape index (κ1) is 20.8. The normalized spacial score (nSPS) is 18.1. The van der Waals surface area contributed by atoms with Gasteiger partial charge in [0.15, 0.2) is 0 Å². The molecule has 146 valence electrons. The lowest BCUT2D eigenvalue weighted by Crippen LogP contribution is -2.58. The topological polar surface area (TPSA) is 35.6 Å². The third-order valence-corrected chi connectivity index (χ3v) is 5.55. The van der Waals surface area contributed by atoms with Gasteiger partial charge in [0, 0.05) is 38.3 Å². The van der Waals surface area contributed by atoms with E-state index in [1.54, 1.807) is 12.1 Å². The zero-order valence-electron chi connectivity index (χ0n) is 16.9. The molecule has 0 aromatic heterocycles. The van der Waals surface area contributed by atoms with Crippen molar-refractivity contribution in [2.75, 3.05) is 39.3 Å². The molecule has 1 unspecified atom stereocenters. The van der Waals surface area contributed by atoms with E-state index in [9.17, 15) is 9.18 Å². The van der Waals surface area contributed by atoms with E-state index in [0.29, 0.717) is 6.54 Å². The van der Waals surface area contributed by atoms with Gasteiger partial charge in [0.2, 0.25) is 5.91 Å². The lowest BCUT2D eigenvalue weighted by molar-refractivity contribution is -0.124. The van der Waals surface area contributed by atoms with Crippen molar-refractivity contribution < 1.29 is 9.18 Å². The Kier molecular flexibility index (Phi) is 7.18. The number of halogens is 1. The molecule has 1 aromatic rings. The average molecular weight is 364 g/mol. The van der Waals surface area contributed by atoms with Crippen LogP contribution in [0.15, 0.2) is 24.3 Å². The number of hydrogen-bond donors (Lipinski definition) is 1. The summed E-state index contributed by atoms with van der Waals surface area (Å²) in [6.45, 7) is 16.6. The van der Waals surface area contributed by atoms with Crippen LogP contribution in [0.2, 0.25) is 0 Å². The van der Waals surface area contributed by atoms with E-state index in [1.165, 1.54) is 12.1 Å². The first-order chi connectivity index (χ1) is 12.2. The van der Waals surface area contributed by atoms with Crippen LogP contribution in [0.25, 0.3) is 0 Å². The number of rotatable bonds is 7. The molecule has 1 amide bonds. The number of benzene rings is 1. The average Bonchev–Trinajstić information content (AvgIpc) is 2.61. The van der Waals surface area contributed by atoms with E-state index in [4.69, 9.17) is 0 Å². The van der Waals surface area contributed by atoms with Gasteiger partial charge < -0.3 is 10.2 Å². The molecule has 1 aliphatic heterocycles. The van der Waals surface area contributed by atoms with Crippen molar-refractivity contribution in [3.63, 3.8) is 0 Å². The molecule has 1 atom stereocenters. The number of nitrogens with one attached hydrogen (secondary N) is 1. The summed E-state index contributed by atoms with van der Waals surface area (Å²) >= 11 is 0. The fourth-order valence-corrected chi connectivity index (χ4v) is 3.70. The predicted molar refractivity (Wildman–Crippen MR) is 105 cm³/mol. The fourth-order valence-electron chi connectivity index (χ4n) is 3.70. The van der Waals surface area contributed by atoms with E-state index in [0.717, 1.165) is 38.3 Å². The molecule has 5 heteroatoms. The van der Waals surface area contributed by atoms with Crippen molar-refractivity contribution in [2.45, 2.75) is 46.1 Å². The zero-order chi connectivity index (χ0) is 19.3. The molecule has 1 N–H and O–H groups in total. The Labute approximate surface area is 157 Å². The Bertz CT molecular complexity index is 577. The molecule has 0 bridgehead atoms. The lowest BCUT2D eigenvalue weighted by Gasteiger charge is -2.44. The molecule has 0 spiro atoms. The molecular formula is C21H34FN3O. The number of likely N-dealkylation sites (N-methyl/N-ethyl adjacent to an activating group) is 1. The van der Waals surface area contributed by atoms with Crippen molar-refractivity contribution in [2.24, 2.45) is 5.92 Å². The first-order valence-electron chi connectivity index (χ1n) is 9.75. The van der Waals surface area contributed by atoms with Crippen molar-refractivity contribution in [1.82, 2.24) is 15.1 Å². The third-order valence-electron chi connectivity index (χ3n) is 5.55. The summed E-state index contributed by atoms with van der Waals surface area (Å²) in [4.78, 5) is 17.8. The molecule has 1 fully saturated rings. The van der Waals surface area contributed by atoms with Crippen LogP contribution in [0.4, 0.5) is 4.39 Å². The largest absolute Gasteiger partial charge is 0.354 e. The summed E-state index contributed by atoms with van der Waals surface area (Å²) < 4.78 is 13.2. The van der Waals surface area contributed by atoms with Gasteiger partial charge in [0.05, 0.1) is 5.92 Å². The zero-order valence-corrected chi connectivity index (χ0v) is 16.9. The van der Waals surface area contributed by atoms with Gasteiger partial charge in [-0.25, -0.2) is 4.39 Å². The quantitative estimate of drug-likeness (QED) is 0.809. The van der Waals surface area contributed by atoms with Crippen LogP contribution in [-0.4, -0.2) is 60.5 Å². The summed E-state index contributed by atoms with van der Waals surface area (Å²) in [5.41, 5.74) is 0.785. The predicted octanol–water partition coefficient (Wildman–Crippen LogP) is 3.10. The Balaban J connectivity index is 1.97. The van der Waals surface area contributed by atoms with Gasteiger partial charge in [-0.3, -0.25) is 9.69 Å². The summed E-state index contributed by atoms with van der Waals surface area (Å²) in [5.74, 6) is -0.365. The van der Waals surface area contributed by atoms with Crippen LogP contribution < -0.4 is 5.32 Å². The maximum Gasteiger partial charge on any atom is 0.227 e. The van der Waals surface area contributed by atoms with Gasteiger partial charge in [0.25, 0.3) is 0 Å². The Hall–Kier alpha value is -1.46. The van der Waals surface area contributed by atoms with Crippen LogP contribution in [0.3, 0.4) is 0 Å². The van der Waals surface area contributed by atoms with Crippen LogP contribution in [-0.2, 0) is 4.79 Å². The van der Waals surface area contributed by atoms with Crippen LogP contribution in [0.1, 0.15) is 46.1 Å². The highest BCUT2D eigenvalue weighted by molar-refractivity contribution is 5.84. The van der Waals surface area contributed by atoms with Crippen molar-refractivity contribution in [3.05, 3.63) is 35.6 Å². The van der Waals surface area contributed by atoms with Gasteiger partial charge in [-0.15, -0.1) is 0 Å². The minimum atomic E-state index is -0.274. The van der Waals surface area contributed by atoms with E-state index in [2.05, 4.69) is 35.9 Å². The molecule has 2 rings (SSSR count). The van der Waals surface area contributed by atoms with E-state index < -0.39 is 0 Å². The number of carbonyl (C=O) groups is 1. The van der Waals surface area contributed by atoms with Gasteiger partial charge in [-0.05, 0) is 44.0 Å². The highest BCUT2D eigenvalue weighted by Gasteiger charge is 2.31. The molecule has 0 radical (unpaired) electrons. The lowest BCUT2D eigenvalue weighted by atomic mass is 9.87. The number of nitrogens with zero attached hydrogens (tertiary/aromatic N) is 2. The van der Waals surface area contributed by atoms with Gasteiger partial charge in [-0.2, -0.15) is 0 Å². The SMILES string of the molecule is CCN1CCN(C(C)(C)CNC(=O)C(c2ccc(F)cc2)C(C)C)CC1. The number of piperazine rings is 1. The Morgan fingerprint density at radius 1 is 1.15 bits per heavy atom. The van der Waals surface area contributed by atoms with Crippen LogP contribution in [0, 0.1) is 11.7 Å². The smallest absolute Gasteiger partial charge is 0.227 e. The highest BCUT2D eigenvalue weighted by atomic mass is 19.1. The van der Waals surface area contributed by atoms with Gasteiger partial charge in [-0.1, -0.05) is 32.9 Å². The fraction of sp³-hybridized carbons (Fsp3) is 0.667. The maximum absolute atomic E-state index is 13.2. The molecule has 1 aliphatic rings. The summed E-state index contributed by atoms with van der Waals surface area (Å²) in [6, 6.07) is 6.29. The molecule has 1 heterocycles. The first-order valence-corrected chi connectivity index (χ1v) is 9.75. The Morgan fingerprint density at radius 3 is 2.23 bits per heavy atom. The van der Waals surface area contributed by atoms with Crippen molar-refractivity contribution in [1.29, 1.82) is 0 Å². The number of amides is 1. The third kappa shape index (κ3) is 5.27. The Morgan fingerprint density at radius 2 is 1.73 bits per heavy atom. The number of carbonyl (C=O) groups excluding carboxylic acids is 1. The minimum Gasteiger partial charge on any atom is -0.354 e. The second-order valence-corrected chi connectivity index (χ2v) is 8.22. The second-order valence-electron chi connectivity index (χ2n) is 8.22. The molecule has 26 heavy (non-hydrogen) atoms. The monoisotopic (exact) mass is 363 g/mol. The molecule has 1 saturated heterocycles. The molecule has 0 aliphatic carbocycles. The molecule has 1 aromatic carbocycles. The summed E-state index contributed by atoms with van der Waals surface area (Å²) in [6.07, 6.45) is 0. The summed E-state index contributed by atoms with van der Waals surface area (Å²) in [5, 5.41) is 3.15. The van der Waals surface area contributed by atoms with Gasteiger partial charge >= 0.3 is 0 Å². The van der Waals surface area contributed by atoms with Crippen LogP contribution >= 0.6 is 0 Å². The molecule has 4 nitrogen and oxygen atoms in total. The minimum absolute atomic E-state index is 0.0203. The van der Waals surface area contributed by atoms with Gasteiger partial charge in [0.1, 0.15) is 5.82 Å². The number of hydrogen-bond acceptors (Lipinski definition) is 3. The summed E-state index contributed by atoms with van der Waals surface area (Å²) in [7, 11) is 0. The standard InChI is InChI=1S/C21H34FN3O/c1-6-24-11-13-25(14-12-24)21(4,5)15-23-20(26)19(16(2)3)17-7-9-18(22)10-8-17/h7-10,16,19H,6,11-15H2,1-5H3,(H,23,26).